The molecule has 0 fully saturated rings. The SMILES string of the molecule is C[SiH](C)OCC(Oc1c(Br)cccc1Br)c1ccc(Cl)cc1F. The summed E-state index contributed by atoms with van der Waals surface area (Å²) < 4.78 is 27.7. The molecule has 0 spiro atoms. The molecule has 0 aliphatic carbocycles. The molecule has 0 aromatic heterocycles. The Morgan fingerprint density at radius 1 is 1.17 bits per heavy atom. The Morgan fingerprint density at radius 3 is 2.39 bits per heavy atom. The molecule has 0 saturated heterocycles. The first kappa shape index (κ1) is 18.9. The smallest absolute Gasteiger partial charge is 0.171 e. The minimum absolute atomic E-state index is 0.288. The summed E-state index contributed by atoms with van der Waals surface area (Å²) in [5.74, 6) is 0.209. The van der Waals surface area contributed by atoms with Crippen molar-refractivity contribution in [2.75, 3.05) is 6.61 Å². The van der Waals surface area contributed by atoms with Crippen molar-refractivity contribution in [1.29, 1.82) is 0 Å². The summed E-state index contributed by atoms with van der Waals surface area (Å²) in [5, 5.41) is 0.353. The van der Waals surface area contributed by atoms with Crippen LogP contribution in [-0.2, 0) is 4.43 Å². The molecule has 0 aliphatic heterocycles. The summed E-state index contributed by atoms with van der Waals surface area (Å²) in [7, 11) is -1.26. The number of hydrogen-bond acceptors (Lipinski definition) is 2. The van der Waals surface area contributed by atoms with Gasteiger partial charge in [0.15, 0.2) is 9.04 Å². The summed E-state index contributed by atoms with van der Waals surface area (Å²) >= 11 is 12.8. The quantitative estimate of drug-likeness (QED) is 0.462. The van der Waals surface area contributed by atoms with Crippen molar-refractivity contribution in [2.24, 2.45) is 0 Å². The Hall–Kier alpha value is -0.403. The van der Waals surface area contributed by atoms with Crippen molar-refractivity contribution < 1.29 is 13.6 Å². The van der Waals surface area contributed by atoms with E-state index in [1.807, 2.05) is 18.2 Å². The molecule has 2 rings (SSSR count). The van der Waals surface area contributed by atoms with Crippen LogP contribution in [0.25, 0.3) is 0 Å². The zero-order valence-corrected chi connectivity index (χ0v) is 17.7. The van der Waals surface area contributed by atoms with Crippen LogP contribution in [0.3, 0.4) is 0 Å². The third-order valence-corrected chi connectivity index (χ3v) is 5.41. The van der Waals surface area contributed by atoms with E-state index >= 15 is 0 Å². The predicted octanol–water partition coefficient (Wildman–Crippen LogP) is 6.12. The highest BCUT2D eigenvalue weighted by atomic mass is 79.9. The normalized spacial score (nSPS) is 12.5. The van der Waals surface area contributed by atoms with E-state index in [0.29, 0.717) is 16.3 Å². The molecule has 23 heavy (non-hydrogen) atoms. The van der Waals surface area contributed by atoms with E-state index in [-0.39, 0.29) is 6.61 Å². The van der Waals surface area contributed by atoms with Crippen molar-refractivity contribution in [3.63, 3.8) is 0 Å². The summed E-state index contributed by atoms with van der Waals surface area (Å²) in [6.45, 7) is 4.41. The molecule has 2 aromatic carbocycles. The summed E-state index contributed by atoms with van der Waals surface area (Å²) in [6.07, 6.45) is -0.558. The van der Waals surface area contributed by atoms with Gasteiger partial charge in [-0.15, -0.1) is 0 Å². The Balaban J connectivity index is 2.34. The molecule has 1 unspecified atom stereocenters. The van der Waals surface area contributed by atoms with Crippen molar-refractivity contribution in [2.45, 2.75) is 19.2 Å². The maximum absolute atomic E-state index is 14.3. The zero-order chi connectivity index (χ0) is 17.0. The van der Waals surface area contributed by atoms with Gasteiger partial charge in [0.1, 0.15) is 17.7 Å². The first-order chi connectivity index (χ1) is 10.9. The Morgan fingerprint density at radius 2 is 1.83 bits per heavy atom. The monoisotopic (exact) mass is 480 g/mol. The number of ether oxygens (including phenoxy) is 1. The van der Waals surface area contributed by atoms with E-state index in [0.717, 1.165) is 8.95 Å². The van der Waals surface area contributed by atoms with Crippen molar-refractivity contribution in [3.05, 3.63) is 61.7 Å². The highest BCUT2D eigenvalue weighted by Gasteiger charge is 2.21. The fourth-order valence-electron chi connectivity index (χ4n) is 1.97. The van der Waals surface area contributed by atoms with Crippen LogP contribution in [-0.4, -0.2) is 15.6 Å². The van der Waals surface area contributed by atoms with E-state index in [4.69, 9.17) is 20.8 Å². The van der Waals surface area contributed by atoms with Crippen LogP contribution in [0, 0.1) is 5.82 Å². The Kier molecular flexibility index (Phi) is 7.10. The average Bonchev–Trinajstić information content (AvgIpc) is 2.47. The van der Waals surface area contributed by atoms with Crippen molar-refractivity contribution in [1.82, 2.24) is 0 Å². The van der Waals surface area contributed by atoms with Gasteiger partial charge < -0.3 is 9.16 Å². The molecular weight excluding hydrogens is 467 g/mol. The van der Waals surface area contributed by atoms with Crippen LogP contribution in [0.5, 0.6) is 5.75 Å². The van der Waals surface area contributed by atoms with Gasteiger partial charge in [0.05, 0.1) is 15.6 Å². The van der Waals surface area contributed by atoms with Gasteiger partial charge in [-0.25, -0.2) is 4.39 Å². The predicted molar refractivity (Wildman–Crippen MR) is 101 cm³/mol. The Labute approximate surface area is 158 Å². The van der Waals surface area contributed by atoms with Crippen LogP contribution in [0.4, 0.5) is 4.39 Å². The maximum atomic E-state index is 14.3. The highest BCUT2D eigenvalue weighted by Crippen LogP contribution is 2.37. The fourth-order valence-corrected chi connectivity index (χ4v) is 3.87. The molecule has 7 heteroatoms. The maximum Gasteiger partial charge on any atom is 0.171 e. The van der Waals surface area contributed by atoms with Crippen molar-refractivity contribution in [3.8, 4) is 5.75 Å². The number of halogens is 4. The molecule has 0 aliphatic rings. The second kappa shape index (κ2) is 8.62. The second-order valence-corrected chi connectivity index (χ2v) is 9.78. The van der Waals surface area contributed by atoms with E-state index in [1.54, 1.807) is 12.1 Å². The number of para-hydroxylation sites is 1. The minimum atomic E-state index is -1.26. The number of benzene rings is 2. The van der Waals surface area contributed by atoms with E-state index < -0.39 is 21.0 Å². The zero-order valence-electron chi connectivity index (χ0n) is 12.7. The van der Waals surface area contributed by atoms with E-state index in [9.17, 15) is 4.39 Å². The van der Waals surface area contributed by atoms with Gasteiger partial charge in [-0.2, -0.15) is 0 Å². The molecule has 124 valence electrons. The molecule has 0 heterocycles. The lowest BCUT2D eigenvalue weighted by Crippen LogP contribution is -2.20. The summed E-state index contributed by atoms with van der Waals surface area (Å²) in [6, 6.07) is 10.2. The first-order valence-electron chi connectivity index (χ1n) is 7.05. The molecule has 2 nitrogen and oxygen atoms in total. The molecule has 2 aromatic rings. The van der Waals surface area contributed by atoms with Crippen LogP contribution >= 0.6 is 43.5 Å². The highest BCUT2D eigenvalue weighted by molar-refractivity contribution is 9.11. The number of hydrogen-bond donors (Lipinski definition) is 0. The molecular formula is C16H16Br2ClFO2Si. The molecule has 0 radical (unpaired) electrons. The van der Waals surface area contributed by atoms with Gasteiger partial charge in [-0.05, 0) is 69.2 Å². The molecule has 0 N–H and O–H groups in total. The Bertz CT molecular complexity index is 665. The van der Waals surface area contributed by atoms with Crippen LogP contribution in [0.1, 0.15) is 11.7 Å². The van der Waals surface area contributed by atoms with Crippen LogP contribution < -0.4 is 4.74 Å². The lowest BCUT2D eigenvalue weighted by Gasteiger charge is -2.23. The minimum Gasteiger partial charge on any atom is -0.481 e. The lowest BCUT2D eigenvalue weighted by molar-refractivity contribution is 0.125. The van der Waals surface area contributed by atoms with Gasteiger partial charge in [-0.3, -0.25) is 0 Å². The van der Waals surface area contributed by atoms with Crippen LogP contribution in [0.2, 0.25) is 18.1 Å². The fraction of sp³-hybridized carbons (Fsp3) is 0.250. The van der Waals surface area contributed by atoms with Crippen LogP contribution in [0.15, 0.2) is 45.3 Å². The lowest BCUT2D eigenvalue weighted by atomic mass is 10.1. The van der Waals surface area contributed by atoms with E-state index in [1.165, 1.54) is 6.07 Å². The average molecular weight is 483 g/mol. The second-order valence-electron chi connectivity index (χ2n) is 5.21. The molecule has 0 amide bonds. The van der Waals surface area contributed by atoms with Gasteiger partial charge in [0.25, 0.3) is 0 Å². The topological polar surface area (TPSA) is 18.5 Å². The molecule has 1 atom stereocenters. The van der Waals surface area contributed by atoms with Crippen molar-refractivity contribution >= 4 is 52.5 Å². The standard InChI is InChI=1S/C16H16Br2ClFO2Si/c1-23(2)21-9-15(11-7-6-10(19)8-14(11)20)22-16-12(17)4-3-5-13(16)18/h3-8,15,23H,9H2,1-2H3. The first-order valence-corrected chi connectivity index (χ1v) is 11.8. The molecule has 0 saturated carbocycles. The molecule has 0 bridgehead atoms. The van der Waals surface area contributed by atoms with Gasteiger partial charge in [-0.1, -0.05) is 23.7 Å². The third-order valence-electron chi connectivity index (χ3n) is 3.07. The summed E-state index contributed by atoms with van der Waals surface area (Å²) in [5.41, 5.74) is 0.423. The largest absolute Gasteiger partial charge is 0.481 e. The van der Waals surface area contributed by atoms with E-state index in [2.05, 4.69) is 45.0 Å². The number of rotatable bonds is 6. The van der Waals surface area contributed by atoms with Gasteiger partial charge >= 0.3 is 0 Å². The van der Waals surface area contributed by atoms with Gasteiger partial charge in [0.2, 0.25) is 0 Å². The third kappa shape index (κ3) is 5.29. The summed E-state index contributed by atoms with van der Waals surface area (Å²) in [4.78, 5) is 0. The van der Waals surface area contributed by atoms with Gasteiger partial charge in [0, 0.05) is 10.6 Å².